The second-order valence-corrected chi connectivity index (χ2v) is 5.31. The first kappa shape index (κ1) is 15.7. The molecule has 0 aliphatic carbocycles. The summed E-state index contributed by atoms with van der Waals surface area (Å²) in [6.07, 6.45) is 2.57. The normalized spacial score (nSPS) is 13.7. The van der Waals surface area contributed by atoms with Gasteiger partial charge >= 0.3 is 6.09 Å². The van der Waals surface area contributed by atoms with Gasteiger partial charge in [-0.2, -0.15) is 0 Å². The van der Waals surface area contributed by atoms with Crippen molar-refractivity contribution in [3.05, 3.63) is 30.1 Å². The van der Waals surface area contributed by atoms with Gasteiger partial charge in [-0.05, 0) is 26.8 Å². The van der Waals surface area contributed by atoms with Crippen LogP contribution in [0.25, 0.3) is 0 Å². The van der Waals surface area contributed by atoms with Crippen molar-refractivity contribution in [2.24, 2.45) is 10.9 Å². The molecule has 7 nitrogen and oxygen atoms in total. The molecule has 7 heteroatoms. The molecule has 0 unspecified atom stereocenters. The number of amides is 1. The van der Waals surface area contributed by atoms with Gasteiger partial charge in [0.15, 0.2) is 5.84 Å². The third-order valence-electron chi connectivity index (χ3n) is 2.46. The van der Waals surface area contributed by atoms with Crippen LogP contribution >= 0.6 is 0 Å². The first-order valence-electron chi connectivity index (χ1n) is 6.09. The SMILES string of the molecule is CN(C(=O)OC(C)(C)C)[C@H](C(N)=NO)c1cccnc1. The van der Waals surface area contributed by atoms with Crippen LogP contribution in [0.2, 0.25) is 0 Å². The number of nitrogens with zero attached hydrogens (tertiary/aromatic N) is 3. The Labute approximate surface area is 118 Å². The van der Waals surface area contributed by atoms with Gasteiger partial charge in [0, 0.05) is 25.0 Å². The number of hydrogen-bond donors (Lipinski definition) is 2. The van der Waals surface area contributed by atoms with Gasteiger partial charge in [0.2, 0.25) is 0 Å². The minimum Gasteiger partial charge on any atom is -0.444 e. The molecule has 1 amide bonds. The number of aromatic nitrogens is 1. The Morgan fingerprint density at radius 2 is 2.20 bits per heavy atom. The quantitative estimate of drug-likeness (QED) is 0.380. The number of rotatable bonds is 3. The van der Waals surface area contributed by atoms with Crippen molar-refractivity contribution in [2.75, 3.05) is 7.05 Å². The summed E-state index contributed by atoms with van der Waals surface area (Å²) in [7, 11) is 1.52. The summed E-state index contributed by atoms with van der Waals surface area (Å²) in [6, 6.07) is 2.69. The van der Waals surface area contributed by atoms with Gasteiger partial charge < -0.3 is 15.7 Å². The molecule has 1 aromatic heterocycles. The fourth-order valence-corrected chi connectivity index (χ4v) is 1.62. The molecule has 1 aromatic rings. The number of amidine groups is 1. The Kier molecular flexibility index (Phi) is 4.90. The molecule has 1 atom stereocenters. The van der Waals surface area contributed by atoms with Crippen LogP contribution in [-0.4, -0.2) is 39.7 Å². The molecule has 0 aromatic carbocycles. The maximum atomic E-state index is 12.1. The topological polar surface area (TPSA) is 101 Å². The number of pyridine rings is 1. The van der Waals surface area contributed by atoms with Crippen molar-refractivity contribution in [3.8, 4) is 0 Å². The van der Waals surface area contributed by atoms with Crippen LogP contribution in [0, 0.1) is 0 Å². The van der Waals surface area contributed by atoms with E-state index in [2.05, 4.69) is 10.1 Å². The monoisotopic (exact) mass is 280 g/mol. The average Bonchev–Trinajstić information content (AvgIpc) is 2.37. The average molecular weight is 280 g/mol. The van der Waals surface area contributed by atoms with Crippen molar-refractivity contribution >= 4 is 11.9 Å². The minimum absolute atomic E-state index is 0.119. The summed E-state index contributed by atoms with van der Waals surface area (Å²) in [4.78, 5) is 17.3. The van der Waals surface area contributed by atoms with E-state index in [0.29, 0.717) is 5.56 Å². The number of nitrogens with two attached hydrogens (primary N) is 1. The van der Waals surface area contributed by atoms with Crippen LogP contribution in [0.1, 0.15) is 32.4 Å². The fourth-order valence-electron chi connectivity index (χ4n) is 1.62. The summed E-state index contributed by atoms with van der Waals surface area (Å²) < 4.78 is 5.27. The second kappa shape index (κ2) is 6.23. The highest BCUT2D eigenvalue weighted by Crippen LogP contribution is 2.21. The predicted molar refractivity (Wildman–Crippen MR) is 74.4 cm³/mol. The van der Waals surface area contributed by atoms with Crippen molar-refractivity contribution in [1.29, 1.82) is 0 Å². The zero-order valence-corrected chi connectivity index (χ0v) is 12.1. The largest absolute Gasteiger partial charge is 0.444 e. The molecule has 3 N–H and O–H groups in total. The Bertz CT molecular complexity index is 482. The van der Waals surface area contributed by atoms with Crippen molar-refractivity contribution in [1.82, 2.24) is 9.88 Å². The predicted octanol–water partition coefficient (Wildman–Crippen LogP) is 1.74. The fraction of sp³-hybridized carbons (Fsp3) is 0.462. The van der Waals surface area contributed by atoms with E-state index in [0.717, 1.165) is 0 Å². The van der Waals surface area contributed by atoms with Crippen LogP contribution in [0.3, 0.4) is 0 Å². The molecule has 0 bridgehead atoms. The summed E-state index contributed by atoms with van der Waals surface area (Å²) in [5.41, 5.74) is 5.67. The van der Waals surface area contributed by atoms with Gasteiger partial charge in [0.25, 0.3) is 0 Å². The maximum absolute atomic E-state index is 12.1. The number of ether oxygens (including phenoxy) is 1. The lowest BCUT2D eigenvalue weighted by Crippen LogP contribution is -2.42. The molecule has 0 aliphatic rings. The highest BCUT2D eigenvalue weighted by molar-refractivity contribution is 5.89. The summed E-state index contributed by atoms with van der Waals surface area (Å²) >= 11 is 0. The van der Waals surface area contributed by atoms with E-state index in [1.54, 1.807) is 45.3 Å². The van der Waals surface area contributed by atoms with Crippen LogP contribution in [0.4, 0.5) is 4.79 Å². The van der Waals surface area contributed by atoms with Gasteiger partial charge in [-0.1, -0.05) is 11.2 Å². The summed E-state index contributed by atoms with van der Waals surface area (Å²) in [6.45, 7) is 5.30. The lowest BCUT2D eigenvalue weighted by Gasteiger charge is -2.30. The molecule has 0 spiro atoms. The van der Waals surface area contributed by atoms with Crippen LogP contribution < -0.4 is 5.73 Å². The number of hydrogen-bond acceptors (Lipinski definition) is 5. The Balaban J connectivity index is 3.04. The molecular weight excluding hydrogens is 260 g/mol. The molecule has 0 aliphatic heterocycles. The number of likely N-dealkylation sites (N-methyl/N-ethyl adjacent to an activating group) is 1. The molecular formula is C13H20N4O3. The molecule has 20 heavy (non-hydrogen) atoms. The van der Waals surface area contributed by atoms with Gasteiger partial charge in [0.1, 0.15) is 11.6 Å². The molecule has 0 radical (unpaired) electrons. The van der Waals surface area contributed by atoms with E-state index in [-0.39, 0.29) is 5.84 Å². The molecule has 1 rings (SSSR count). The van der Waals surface area contributed by atoms with Gasteiger partial charge in [-0.15, -0.1) is 0 Å². The van der Waals surface area contributed by atoms with E-state index in [9.17, 15) is 4.79 Å². The second-order valence-electron chi connectivity index (χ2n) is 5.31. The zero-order valence-electron chi connectivity index (χ0n) is 12.1. The highest BCUT2D eigenvalue weighted by Gasteiger charge is 2.29. The van der Waals surface area contributed by atoms with E-state index in [4.69, 9.17) is 15.7 Å². The molecule has 0 saturated carbocycles. The number of oxime groups is 1. The third-order valence-corrected chi connectivity index (χ3v) is 2.46. The standard InChI is InChI=1S/C13H20N4O3/c1-13(2,3)20-12(18)17(4)10(11(14)16-19)9-6-5-7-15-8-9/h5-8,10,19H,1-4H3,(H2,14,16)/t10-/m0/s1. The van der Waals surface area contributed by atoms with E-state index >= 15 is 0 Å². The Morgan fingerprint density at radius 3 is 2.65 bits per heavy atom. The van der Waals surface area contributed by atoms with Crippen molar-refractivity contribution in [3.63, 3.8) is 0 Å². The highest BCUT2D eigenvalue weighted by atomic mass is 16.6. The zero-order chi connectivity index (χ0) is 15.3. The lowest BCUT2D eigenvalue weighted by atomic mass is 10.1. The molecule has 0 fully saturated rings. The van der Waals surface area contributed by atoms with Gasteiger partial charge in [0.05, 0.1) is 0 Å². The minimum atomic E-state index is -0.747. The third kappa shape index (κ3) is 4.11. The molecule has 110 valence electrons. The van der Waals surface area contributed by atoms with E-state index in [1.165, 1.54) is 11.9 Å². The lowest BCUT2D eigenvalue weighted by molar-refractivity contribution is 0.0263. The summed E-state index contributed by atoms with van der Waals surface area (Å²) in [5.74, 6) is -0.119. The van der Waals surface area contributed by atoms with E-state index < -0.39 is 17.7 Å². The smallest absolute Gasteiger partial charge is 0.410 e. The van der Waals surface area contributed by atoms with Gasteiger partial charge in [-0.25, -0.2) is 4.79 Å². The van der Waals surface area contributed by atoms with Crippen molar-refractivity contribution in [2.45, 2.75) is 32.4 Å². The first-order chi connectivity index (χ1) is 9.26. The first-order valence-corrected chi connectivity index (χ1v) is 6.09. The van der Waals surface area contributed by atoms with Crippen LogP contribution in [0.15, 0.2) is 29.7 Å². The van der Waals surface area contributed by atoms with Crippen molar-refractivity contribution < 1.29 is 14.7 Å². The van der Waals surface area contributed by atoms with E-state index in [1.807, 2.05) is 0 Å². The number of carbonyl (C=O) groups excluding carboxylic acids is 1. The van der Waals surface area contributed by atoms with Crippen LogP contribution in [-0.2, 0) is 4.74 Å². The maximum Gasteiger partial charge on any atom is 0.410 e. The molecule has 1 heterocycles. The molecule has 0 saturated heterocycles. The summed E-state index contributed by atoms with van der Waals surface area (Å²) in [5, 5.41) is 11.9. The van der Waals surface area contributed by atoms with Gasteiger partial charge in [-0.3, -0.25) is 9.88 Å². The Hall–Kier alpha value is -2.31. The van der Waals surface area contributed by atoms with Crippen LogP contribution in [0.5, 0.6) is 0 Å². The number of carbonyl (C=O) groups is 1. The Morgan fingerprint density at radius 1 is 1.55 bits per heavy atom.